The number of unbranched alkanes of at least 4 members (excludes halogenated alkanes) is 7. The van der Waals surface area contributed by atoms with E-state index in [1.54, 1.807) is 12.1 Å². The highest BCUT2D eigenvalue weighted by atomic mass is 16.5. The van der Waals surface area contributed by atoms with Gasteiger partial charge in [0.05, 0.1) is 78.2 Å². The molecule has 0 spiro atoms. The Hall–Kier alpha value is -5.26. The molecule has 0 aliphatic rings. The van der Waals surface area contributed by atoms with Crippen molar-refractivity contribution < 1.29 is 81.7 Å². The molecule has 0 aliphatic heterocycles. The van der Waals surface area contributed by atoms with E-state index in [0.29, 0.717) is 18.8 Å². The Morgan fingerprint density at radius 1 is 0.485 bits per heavy atom. The topological polar surface area (TPSA) is 302 Å². The van der Waals surface area contributed by atoms with Crippen LogP contribution in [0.3, 0.4) is 0 Å². The Morgan fingerprint density at radius 2 is 0.924 bits per heavy atom. The van der Waals surface area contributed by atoms with Crippen molar-refractivity contribution in [2.75, 3.05) is 112 Å². The van der Waals surface area contributed by atoms with Gasteiger partial charge in [0.2, 0.25) is 29.5 Å². The SMILES string of the molecule is CC(=O)CNC(=O)COCCOCCNC(=O)COCCOCCNC(=O)COCCOCCNC(=O)CC[C@H](NC(=O)CCCCCCCCCCOc1ccc(C(=O)O)cc1)C(=O)O. The molecule has 22 nitrogen and oxygen atoms in total. The molecule has 1 rings (SSSR count). The molecular formula is C44H71N5O17. The van der Waals surface area contributed by atoms with E-state index in [2.05, 4.69) is 26.6 Å². The first-order valence-corrected chi connectivity index (χ1v) is 22.4. The molecule has 5 amide bonds. The van der Waals surface area contributed by atoms with E-state index < -0.39 is 23.9 Å². The summed E-state index contributed by atoms with van der Waals surface area (Å²) in [5.74, 6) is -3.49. The number of ketones is 1. The standard InChI is InChI=1S/C44H71N5O17/c1-34(50)30-48-42(55)33-65-29-26-62-23-19-47-41(54)32-64-28-25-61-22-18-46-40(53)31-63-27-24-60-21-17-45-38(51)16-15-37(44(58)59)49-39(52)10-8-6-4-2-3-5-7-9-20-66-36-13-11-35(12-14-36)43(56)57/h11-14,37H,2-10,15-33H2,1H3,(H,45,51)(H,46,53)(H,47,54)(H,48,55)(H,49,52)(H,56,57)(H,58,59)/t37-/m0/s1. The normalized spacial score (nSPS) is 11.3. The predicted octanol–water partition coefficient (Wildman–Crippen LogP) is 0.778. The van der Waals surface area contributed by atoms with Crippen LogP contribution in [0.25, 0.3) is 0 Å². The Kier molecular flexibility index (Phi) is 35.7. The van der Waals surface area contributed by atoms with Crippen LogP contribution >= 0.6 is 0 Å². The third kappa shape index (κ3) is 36.0. The summed E-state index contributed by atoms with van der Waals surface area (Å²) in [6, 6.07) is 5.15. The lowest BCUT2D eigenvalue weighted by Crippen LogP contribution is -2.41. The summed E-state index contributed by atoms with van der Waals surface area (Å²) in [4.78, 5) is 93.0. The van der Waals surface area contributed by atoms with Crippen molar-refractivity contribution in [1.29, 1.82) is 0 Å². The number of aromatic carboxylic acids is 1. The molecule has 1 aromatic rings. The average molecular weight is 942 g/mol. The number of carbonyl (C=O) groups excluding carboxylic acids is 6. The zero-order chi connectivity index (χ0) is 48.5. The van der Waals surface area contributed by atoms with E-state index >= 15 is 0 Å². The molecule has 374 valence electrons. The van der Waals surface area contributed by atoms with Gasteiger partial charge in [0.1, 0.15) is 37.4 Å². The Morgan fingerprint density at radius 3 is 1.39 bits per heavy atom. The minimum Gasteiger partial charge on any atom is -0.494 e. The number of rotatable bonds is 44. The molecule has 0 bridgehead atoms. The Balaban J connectivity index is 1.90. The fourth-order valence-corrected chi connectivity index (χ4v) is 5.54. The third-order valence-corrected chi connectivity index (χ3v) is 9.02. The summed E-state index contributed by atoms with van der Waals surface area (Å²) < 4.78 is 37.3. The minimum absolute atomic E-state index is 0.0381. The van der Waals surface area contributed by atoms with Crippen LogP contribution in [-0.4, -0.2) is 176 Å². The zero-order valence-corrected chi connectivity index (χ0v) is 38.2. The molecule has 0 saturated heterocycles. The highest BCUT2D eigenvalue weighted by Gasteiger charge is 2.21. The van der Waals surface area contributed by atoms with Crippen LogP contribution in [0.15, 0.2) is 24.3 Å². The average Bonchev–Trinajstić information content (AvgIpc) is 3.28. The van der Waals surface area contributed by atoms with Gasteiger partial charge in [-0.25, -0.2) is 9.59 Å². The van der Waals surface area contributed by atoms with Crippen LogP contribution in [0.5, 0.6) is 5.75 Å². The lowest BCUT2D eigenvalue weighted by Gasteiger charge is -2.14. The largest absolute Gasteiger partial charge is 0.494 e. The number of carboxylic acids is 2. The third-order valence-electron chi connectivity index (χ3n) is 9.02. The molecule has 0 aliphatic carbocycles. The summed E-state index contributed by atoms with van der Waals surface area (Å²) in [5.41, 5.74) is 0.219. The van der Waals surface area contributed by atoms with Gasteiger partial charge in [-0.2, -0.15) is 0 Å². The number of carbonyl (C=O) groups is 8. The van der Waals surface area contributed by atoms with E-state index in [0.717, 1.165) is 44.9 Å². The molecule has 22 heteroatoms. The summed E-state index contributed by atoms with van der Waals surface area (Å²) in [7, 11) is 0. The van der Waals surface area contributed by atoms with Crippen molar-refractivity contribution in [3.63, 3.8) is 0 Å². The van der Waals surface area contributed by atoms with Gasteiger partial charge in [-0.3, -0.25) is 28.8 Å². The molecule has 0 heterocycles. The number of carboxylic acid groups (broad SMARTS) is 2. The van der Waals surface area contributed by atoms with E-state index in [1.807, 2.05) is 0 Å². The number of Topliss-reactive ketones (excluding diaryl/α,β-unsaturated/α-hetero) is 1. The maximum absolute atomic E-state index is 12.3. The van der Waals surface area contributed by atoms with Gasteiger partial charge in [-0.1, -0.05) is 38.5 Å². The lowest BCUT2D eigenvalue weighted by atomic mass is 10.1. The molecule has 0 aromatic heterocycles. The van der Waals surface area contributed by atoms with Crippen LogP contribution in [0, 0.1) is 0 Å². The summed E-state index contributed by atoms with van der Waals surface area (Å²) in [5, 5.41) is 31.3. The second-order valence-electron chi connectivity index (χ2n) is 14.8. The van der Waals surface area contributed by atoms with Crippen LogP contribution in [-0.2, 0) is 62.0 Å². The minimum atomic E-state index is -1.21. The number of nitrogens with one attached hydrogen (secondary N) is 5. The van der Waals surface area contributed by atoms with Gasteiger partial charge in [0.15, 0.2) is 0 Å². The summed E-state index contributed by atoms with van der Waals surface area (Å²) >= 11 is 0. The van der Waals surface area contributed by atoms with Gasteiger partial charge in [-0.05, 0) is 50.5 Å². The first-order valence-electron chi connectivity index (χ1n) is 22.4. The Bertz CT molecular complexity index is 1550. The number of aliphatic carboxylic acids is 1. The maximum Gasteiger partial charge on any atom is 0.335 e. The van der Waals surface area contributed by atoms with E-state index in [-0.39, 0.29) is 160 Å². The van der Waals surface area contributed by atoms with Crippen LogP contribution in [0.1, 0.15) is 87.9 Å². The van der Waals surface area contributed by atoms with Crippen molar-refractivity contribution in [1.82, 2.24) is 26.6 Å². The second kappa shape index (κ2) is 40.1. The molecule has 7 N–H and O–H groups in total. The monoisotopic (exact) mass is 941 g/mol. The van der Waals surface area contributed by atoms with Crippen molar-refractivity contribution in [3.8, 4) is 5.75 Å². The molecule has 0 radical (unpaired) electrons. The van der Waals surface area contributed by atoms with Gasteiger partial charge in [-0.15, -0.1) is 0 Å². The zero-order valence-electron chi connectivity index (χ0n) is 38.2. The van der Waals surface area contributed by atoms with Crippen molar-refractivity contribution in [2.24, 2.45) is 0 Å². The first-order chi connectivity index (χ1) is 31.9. The number of benzene rings is 1. The fourth-order valence-electron chi connectivity index (χ4n) is 5.54. The molecule has 0 unspecified atom stereocenters. The van der Waals surface area contributed by atoms with Crippen LogP contribution in [0.2, 0.25) is 0 Å². The van der Waals surface area contributed by atoms with Crippen LogP contribution in [0.4, 0.5) is 0 Å². The molecule has 66 heavy (non-hydrogen) atoms. The molecule has 0 fully saturated rings. The lowest BCUT2D eigenvalue weighted by molar-refractivity contribution is -0.142. The van der Waals surface area contributed by atoms with Gasteiger partial charge >= 0.3 is 11.9 Å². The predicted molar refractivity (Wildman–Crippen MR) is 237 cm³/mol. The molecule has 0 saturated carbocycles. The molecular weight excluding hydrogens is 871 g/mol. The van der Waals surface area contributed by atoms with Crippen LogP contribution < -0.4 is 31.3 Å². The molecule has 1 aromatic carbocycles. The van der Waals surface area contributed by atoms with Crippen molar-refractivity contribution >= 4 is 47.3 Å². The number of hydrogen-bond donors (Lipinski definition) is 7. The fraction of sp³-hybridized carbons (Fsp3) is 0.682. The number of ether oxygens (including phenoxy) is 7. The smallest absolute Gasteiger partial charge is 0.335 e. The van der Waals surface area contributed by atoms with Gasteiger partial charge in [0, 0.05) is 32.5 Å². The van der Waals surface area contributed by atoms with E-state index in [9.17, 15) is 43.5 Å². The van der Waals surface area contributed by atoms with Gasteiger partial charge in [0.25, 0.3) is 0 Å². The Labute approximate surface area is 386 Å². The highest BCUT2D eigenvalue weighted by Crippen LogP contribution is 2.14. The van der Waals surface area contributed by atoms with Crippen molar-refractivity contribution in [3.05, 3.63) is 29.8 Å². The first kappa shape index (κ1) is 58.8. The molecule has 1 atom stereocenters. The quantitative estimate of drug-likeness (QED) is 0.0445. The summed E-state index contributed by atoms with van der Waals surface area (Å²) in [6.45, 7) is 3.87. The maximum atomic E-state index is 12.3. The van der Waals surface area contributed by atoms with E-state index in [4.69, 9.17) is 38.3 Å². The van der Waals surface area contributed by atoms with Crippen molar-refractivity contribution in [2.45, 2.75) is 83.6 Å². The second-order valence-corrected chi connectivity index (χ2v) is 14.8. The highest BCUT2D eigenvalue weighted by molar-refractivity contribution is 5.87. The van der Waals surface area contributed by atoms with E-state index in [1.165, 1.54) is 19.1 Å². The van der Waals surface area contributed by atoms with Gasteiger partial charge < -0.3 is 70.0 Å². The number of hydrogen-bond acceptors (Lipinski definition) is 15. The number of amides is 5. The summed E-state index contributed by atoms with van der Waals surface area (Å²) in [6.07, 6.45) is 7.60.